The van der Waals surface area contributed by atoms with Gasteiger partial charge in [-0.3, -0.25) is 4.79 Å². The standard InChI is InChI=1S/C13H12ClN7OS/c1-20-5-4-15-13(20)23-11-3-2-9(14)6-10(11)17-12(22)7-21-8-16-18-19-21/h2-6,8H,7H2,1H3,(H,17,22). The fourth-order valence-corrected chi connectivity index (χ4v) is 2.87. The number of anilines is 1. The summed E-state index contributed by atoms with van der Waals surface area (Å²) < 4.78 is 3.23. The number of nitrogens with zero attached hydrogens (tertiary/aromatic N) is 6. The molecule has 3 aromatic rings. The van der Waals surface area contributed by atoms with Gasteiger partial charge in [0, 0.05) is 29.4 Å². The van der Waals surface area contributed by atoms with Crippen molar-refractivity contribution in [1.82, 2.24) is 29.8 Å². The fourth-order valence-electron chi connectivity index (χ4n) is 1.83. The van der Waals surface area contributed by atoms with Crippen LogP contribution in [-0.4, -0.2) is 35.7 Å². The van der Waals surface area contributed by atoms with Crippen LogP contribution in [0.25, 0.3) is 0 Å². The maximum absolute atomic E-state index is 12.1. The minimum Gasteiger partial charge on any atom is -0.329 e. The quantitative estimate of drug-likeness (QED) is 0.756. The Morgan fingerprint density at radius 2 is 2.30 bits per heavy atom. The molecule has 0 unspecified atom stereocenters. The van der Waals surface area contributed by atoms with Crippen LogP contribution in [0, 0.1) is 0 Å². The molecule has 23 heavy (non-hydrogen) atoms. The summed E-state index contributed by atoms with van der Waals surface area (Å²) in [7, 11) is 1.90. The molecular weight excluding hydrogens is 338 g/mol. The van der Waals surface area contributed by atoms with Crippen LogP contribution >= 0.6 is 23.4 Å². The van der Waals surface area contributed by atoms with Gasteiger partial charge in [-0.1, -0.05) is 11.6 Å². The molecule has 1 amide bonds. The van der Waals surface area contributed by atoms with E-state index >= 15 is 0 Å². The summed E-state index contributed by atoms with van der Waals surface area (Å²) in [6, 6.07) is 5.31. The van der Waals surface area contributed by atoms with Crippen LogP contribution in [0.1, 0.15) is 0 Å². The van der Waals surface area contributed by atoms with Gasteiger partial charge in [0.05, 0.1) is 5.69 Å². The molecule has 0 bridgehead atoms. The molecule has 2 aromatic heterocycles. The summed E-state index contributed by atoms with van der Waals surface area (Å²) in [4.78, 5) is 17.2. The second-order valence-electron chi connectivity index (χ2n) is 4.62. The van der Waals surface area contributed by atoms with E-state index in [-0.39, 0.29) is 12.5 Å². The number of amides is 1. The molecule has 0 radical (unpaired) electrons. The SMILES string of the molecule is Cn1ccnc1Sc1ccc(Cl)cc1NC(=O)Cn1cnnn1. The molecule has 3 rings (SSSR count). The van der Waals surface area contributed by atoms with Crippen LogP contribution < -0.4 is 5.32 Å². The van der Waals surface area contributed by atoms with Crippen LogP contribution in [0.5, 0.6) is 0 Å². The lowest BCUT2D eigenvalue weighted by Crippen LogP contribution is -2.19. The smallest absolute Gasteiger partial charge is 0.246 e. The predicted octanol–water partition coefficient (Wildman–Crippen LogP) is 1.85. The average molecular weight is 350 g/mol. The van der Waals surface area contributed by atoms with E-state index in [0.29, 0.717) is 10.7 Å². The molecule has 2 heterocycles. The van der Waals surface area contributed by atoms with Crippen molar-refractivity contribution in [1.29, 1.82) is 0 Å². The van der Waals surface area contributed by atoms with E-state index in [2.05, 4.69) is 25.8 Å². The van der Waals surface area contributed by atoms with E-state index in [1.807, 2.05) is 23.9 Å². The summed E-state index contributed by atoms with van der Waals surface area (Å²) >= 11 is 7.47. The van der Waals surface area contributed by atoms with Gasteiger partial charge in [0.15, 0.2) is 5.16 Å². The molecule has 1 N–H and O–H groups in total. The Kier molecular flexibility index (Phi) is 4.58. The zero-order valence-electron chi connectivity index (χ0n) is 12.0. The number of nitrogens with one attached hydrogen (secondary N) is 1. The second kappa shape index (κ2) is 6.80. The van der Waals surface area contributed by atoms with E-state index in [9.17, 15) is 4.79 Å². The maximum Gasteiger partial charge on any atom is 0.246 e. The van der Waals surface area contributed by atoms with Crippen LogP contribution in [-0.2, 0) is 18.4 Å². The first-order valence-electron chi connectivity index (χ1n) is 6.57. The van der Waals surface area contributed by atoms with Crippen molar-refractivity contribution >= 4 is 35.0 Å². The number of benzene rings is 1. The lowest BCUT2D eigenvalue weighted by molar-refractivity contribution is -0.116. The molecule has 0 fully saturated rings. The van der Waals surface area contributed by atoms with Crippen molar-refractivity contribution in [3.05, 3.63) is 41.9 Å². The van der Waals surface area contributed by atoms with Gasteiger partial charge in [0.25, 0.3) is 0 Å². The summed E-state index contributed by atoms with van der Waals surface area (Å²) in [5.74, 6) is -0.249. The Morgan fingerprint density at radius 1 is 1.43 bits per heavy atom. The third-order valence-corrected chi connectivity index (χ3v) is 4.28. The fraction of sp³-hybridized carbons (Fsp3) is 0.154. The monoisotopic (exact) mass is 349 g/mol. The van der Waals surface area contributed by atoms with Crippen LogP contribution in [0.2, 0.25) is 5.02 Å². The first-order chi connectivity index (χ1) is 11.1. The third-order valence-electron chi connectivity index (χ3n) is 2.89. The molecule has 8 nitrogen and oxygen atoms in total. The highest BCUT2D eigenvalue weighted by Crippen LogP contribution is 2.34. The van der Waals surface area contributed by atoms with Crippen molar-refractivity contribution in [3.8, 4) is 0 Å². The van der Waals surface area contributed by atoms with Gasteiger partial charge < -0.3 is 9.88 Å². The summed E-state index contributed by atoms with van der Waals surface area (Å²) in [5.41, 5.74) is 0.614. The topological polar surface area (TPSA) is 90.5 Å². The first kappa shape index (κ1) is 15.5. The molecule has 10 heteroatoms. The normalized spacial score (nSPS) is 10.7. The molecule has 0 aliphatic heterocycles. The Hall–Kier alpha value is -2.39. The van der Waals surface area contributed by atoms with Crippen molar-refractivity contribution in [2.75, 3.05) is 5.32 Å². The van der Waals surface area contributed by atoms with Gasteiger partial charge >= 0.3 is 0 Å². The van der Waals surface area contributed by atoms with Crippen LogP contribution in [0.15, 0.2) is 47.0 Å². The summed E-state index contributed by atoms with van der Waals surface area (Å²) in [5, 5.41) is 14.8. The lowest BCUT2D eigenvalue weighted by atomic mass is 10.3. The van der Waals surface area contributed by atoms with Crippen LogP contribution in [0.3, 0.4) is 0 Å². The molecule has 0 aliphatic rings. The van der Waals surface area contributed by atoms with Gasteiger partial charge in [0.2, 0.25) is 5.91 Å². The number of aryl methyl sites for hydroxylation is 1. The molecule has 0 aliphatic carbocycles. The van der Waals surface area contributed by atoms with Crippen molar-refractivity contribution in [3.63, 3.8) is 0 Å². The minimum absolute atomic E-state index is 0.0199. The zero-order valence-corrected chi connectivity index (χ0v) is 13.6. The number of rotatable bonds is 5. The highest BCUT2D eigenvalue weighted by molar-refractivity contribution is 7.99. The predicted molar refractivity (Wildman–Crippen MR) is 85.2 cm³/mol. The average Bonchev–Trinajstić information content (AvgIpc) is 3.14. The van der Waals surface area contributed by atoms with Gasteiger partial charge in [0.1, 0.15) is 12.9 Å². The van der Waals surface area contributed by atoms with Crippen molar-refractivity contribution in [2.45, 2.75) is 16.6 Å². The first-order valence-corrected chi connectivity index (χ1v) is 7.76. The Balaban J connectivity index is 1.78. The van der Waals surface area contributed by atoms with Gasteiger partial charge in [-0.05, 0) is 40.4 Å². The Bertz CT molecular complexity index is 818. The zero-order chi connectivity index (χ0) is 16.2. The van der Waals surface area contributed by atoms with Gasteiger partial charge in [-0.2, -0.15) is 0 Å². The van der Waals surface area contributed by atoms with E-state index in [1.165, 1.54) is 22.8 Å². The molecule has 0 saturated carbocycles. The number of imidazole rings is 1. The number of halogens is 1. The van der Waals surface area contributed by atoms with Crippen molar-refractivity contribution in [2.24, 2.45) is 7.05 Å². The number of aromatic nitrogens is 6. The van der Waals surface area contributed by atoms with Crippen LogP contribution in [0.4, 0.5) is 5.69 Å². The molecule has 0 atom stereocenters. The molecule has 118 valence electrons. The Morgan fingerprint density at radius 3 is 3.00 bits per heavy atom. The Labute approximate surface area is 140 Å². The number of carbonyl (C=O) groups is 1. The molecule has 0 spiro atoms. The van der Waals surface area contributed by atoms with E-state index < -0.39 is 0 Å². The number of hydrogen-bond acceptors (Lipinski definition) is 6. The highest BCUT2D eigenvalue weighted by atomic mass is 35.5. The molecule has 1 aromatic carbocycles. The third kappa shape index (κ3) is 3.88. The number of tetrazole rings is 1. The second-order valence-corrected chi connectivity index (χ2v) is 6.06. The lowest BCUT2D eigenvalue weighted by Gasteiger charge is -2.11. The number of hydrogen-bond donors (Lipinski definition) is 1. The van der Waals surface area contributed by atoms with Gasteiger partial charge in [-0.15, -0.1) is 5.10 Å². The minimum atomic E-state index is -0.249. The largest absolute Gasteiger partial charge is 0.329 e. The summed E-state index contributed by atoms with van der Waals surface area (Å²) in [6.45, 7) is 0.0199. The molecular formula is C13H12ClN7OS. The van der Waals surface area contributed by atoms with E-state index in [0.717, 1.165) is 10.1 Å². The molecule has 0 saturated heterocycles. The van der Waals surface area contributed by atoms with E-state index in [4.69, 9.17) is 11.6 Å². The summed E-state index contributed by atoms with van der Waals surface area (Å²) in [6.07, 6.45) is 4.95. The number of carbonyl (C=O) groups excluding carboxylic acids is 1. The highest BCUT2D eigenvalue weighted by Gasteiger charge is 2.12. The maximum atomic E-state index is 12.1. The van der Waals surface area contributed by atoms with E-state index in [1.54, 1.807) is 18.3 Å². The van der Waals surface area contributed by atoms with Gasteiger partial charge in [-0.25, -0.2) is 9.67 Å². The van der Waals surface area contributed by atoms with Crippen molar-refractivity contribution < 1.29 is 4.79 Å².